The van der Waals surface area contributed by atoms with E-state index < -0.39 is 28.5 Å². The molecule has 1 fully saturated rings. The molecule has 8 nitrogen and oxygen atoms in total. The monoisotopic (exact) mass is 446 g/mol. The van der Waals surface area contributed by atoms with Gasteiger partial charge in [-0.05, 0) is 67.6 Å². The minimum Gasteiger partial charge on any atom is -0.490 e. The number of anilines is 1. The van der Waals surface area contributed by atoms with Gasteiger partial charge in [0.05, 0.1) is 23.5 Å². The number of hydrogen-bond donors (Lipinski definition) is 3. The molecule has 0 spiro atoms. The number of hydrogen-bond acceptors (Lipinski definition) is 5. The molecule has 0 aromatic heterocycles. The van der Waals surface area contributed by atoms with E-state index in [2.05, 4.69) is 10.0 Å². The topological polar surface area (TPSA) is 122 Å². The minimum absolute atomic E-state index is 0.0295. The molecule has 2 aromatic rings. The summed E-state index contributed by atoms with van der Waals surface area (Å²) in [6.07, 6.45) is 4.12. The van der Waals surface area contributed by atoms with Gasteiger partial charge in [0.25, 0.3) is 0 Å². The maximum atomic E-state index is 12.8. The van der Waals surface area contributed by atoms with E-state index in [1.807, 2.05) is 0 Å². The third-order valence-corrected chi connectivity index (χ3v) is 6.54. The Morgan fingerprint density at radius 3 is 2.23 bits per heavy atom. The summed E-state index contributed by atoms with van der Waals surface area (Å²) in [7, 11) is -3.98. The first-order valence-corrected chi connectivity index (χ1v) is 11.6. The van der Waals surface area contributed by atoms with Gasteiger partial charge in [-0.2, -0.15) is 0 Å². The number of nitrogens with one attached hydrogen (secondary N) is 2. The Morgan fingerprint density at radius 2 is 1.68 bits per heavy atom. The third kappa shape index (κ3) is 6.53. The van der Waals surface area contributed by atoms with E-state index in [0.717, 1.165) is 25.7 Å². The van der Waals surface area contributed by atoms with Crippen LogP contribution in [-0.2, 0) is 19.6 Å². The van der Waals surface area contributed by atoms with Gasteiger partial charge in [0.2, 0.25) is 15.9 Å². The highest BCUT2D eigenvalue weighted by molar-refractivity contribution is 7.89. The number of amides is 1. The summed E-state index contributed by atoms with van der Waals surface area (Å²) in [6.45, 7) is 1.35. The molecule has 0 heterocycles. The van der Waals surface area contributed by atoms with Crippen LogP contribution >= 0.6 is 0 Å². The van der Waals surface area contributed by atoms with Crippen LogP contribution in [0.25, 0.3) is 0 Å². The molecule has 166 valence electrons. The van der Waals surface area contributed by atoms with Crippen LogP contribution in [0.1, 0.15) is 50.6 Å². The summed E-state index contributed by atoms with van der Waals surface area (Å²) < 4.78 is 34.0. The first-order chi connectivity index (χ1) is 14.7. The van der Waals surface area contributed by atoms with E-state index >= 15 is 0 Å². The normalized spacial score (nSPS) is 15.4. The van der Waals surface area contributed by atoms with Crippen LogP contribution in [0.5, 0.6) is 5.75 Å². The molecule has 0 unspecified atom stereocenters. The highest BCUT2D eigenvalue weighted by Gasteiger charge is 2.24. The molecule has 9 heteroatoms. The molecule has 0 saturated heterocycles. The molecule has 1 saturated carbocycles. The second-order valence-corrected chi connectivity index (χ2v) is 9.28. The molecule has 2 aromatic carbocycles. The molecule has 0 radical (unpaired) electrons. The zero-order valence-corrected chi connectivity index (χ0v) is 18.0. The van der Waals surface area contributed by atoms with Crippen molar-refractivity contribution in [3.63, 3.8) is 0 Å². The van der Waals surface area contributed by atoms with E-state index in [9.17, 15) is 23.1 Å². The van der Waals surface area contributed by atoms with Crippen LogP contribution in [0.4, 0.5) is 5.69 Å². The van der Waals surface area contributed by atoms with Crippen molar-refractivity contribution in [2.75, 3.05) is 5.32 Å². The quantitative estimate of drug-likeness (QED) is 0.542. The van der Waals surface area contributed by atoms with Gasteiger partial charge in [-0.25, -0.2) is 13.1 Å². The molecule has 1 aliphatic carbocycles. The fourth-order valence-electron chi connectivity index (χ4n) is 3.56. The summed E-state index contributed by atoms with van der Waals surface area (Å²) in [5, 5.41) is 11.8. The molecule has 3 N–H and O–H groups in total. The predicted octanol–water partition coefficient (Wildman–Crippen LogP) is 3.46. The van der Waals surface area contributed by atoms with Crippen molar-refractivity contribution in [1.29, 1.82) is 0 Å². The molecule has 31 heavy (non-hydrogen) atoms. The number of benzene rings is 2. The number of aliphatic carboxylic acids is 1. The Hall–Kier alpha value is -2.91. The lowest BCUT2D eigenvalue weighted by Crippen LogP contribution is -2.30. The largest absolute Gasteiger partial charge is 0.490 e. The zero-order chi connectivity index (χ0) is 22.4. The third-order valence-electron chi connectivity index (χ3n) is 5.05. The zero-order valence-electron chi connectivity index (χ0n) is 17.2. The van der Waals surface area contributed by atoms with E-state index in [1.165, 1.54) is 31.2 Å². The highest BCUT2D eigenvalue weighted by Crippen LogP contribution is 2.27. The second kappa shape index (κ2) is 9.93. The number of sulfonamides is 1. The van der Waals surface area contributed by atoms with Gasteiger partial charge >= 0.3 is 5.97 Å². The maximum Gasteiger partial charge on any atom is 0.305 e. The highest BCUT2D eigenvalue weighted by atomic mass is 32.2. The Morgan fingerprint density at radius 1 is 1.06 bits per heavy atom. The smallest absolute Gasteiger partial charge is 0.305 e. The van der Waals surface area contributed by atoms with Crippen molar-refractivity contribution in [2.24, 2.45) is 0 Å². The van der Waals surface area contributed by atoms with Crippen LogP contribution in [0.2, 0.25) is 0 Å². The number of ether oxygens (including phenoxy) is 1. The van der Waals surface area contributed by atoms with E-state index in [1.54, 1.807) is 24.3 Å². The van der Waals surface area contributed by atoms with Gasteiger partial charge in [-0.1, -0.05) is 12.1 Å². The van der Waals surface area contributed by atoms with Crippen molar-refractivity contribution >= 4 is 27.6 Å². The number of carboxylic acids is 1. The van der Waals surface area contributed by atoms with Crippen LogP contribution < -0.4 is 14.8 Å². The van der Waals surface area contributed by atoms with Crippen molar-refractivity contribution in [3.8, 4) is 5.75 Å². The Labute approximate surface area is 181 Å². The lowest BCUT2D eigenvalue weighted by molar-refractivity contribution is -0.137. The maximum absolute atomic E-state index is 12.8. The average molecular weight is 447 g/mol. The van der Waals surface area contributed by atoms with Crippen LogP contribution in [-0.4, -0.2) is 31.5 Å². The SMILES string of the molecule is CC(=O)Nc1ccc(S(=O)(=O)N[C@@H](CC(=O)O)c2ccc(OC3CCCC3)cc2)cc1. The number of rotatable bonds is 9. The van der Waals surface area contributed by atoms with E-state index in [4.69, 9.17) is 4.74 Å². The molecular weight excluding hydrogens is 420 g/mol. The minimum atomic E-state index is -3.98. The molecule has 1 aliphatic rings. The number of carbonyl (C=O) groups is 2. The predicted molar refractivity (Wildman–Crippen MR) is 115 cm³/mol. The summed E-state index contributed by atoms with van der Waals surface area (Å²) in [6, 6.07) is 11.5. The van der Waals surface area contributed by atoms with Gasteiger partial charge in [0.15, 0.2) is 0 Å². The molecule has 1 amide bonds. The van der Waals surface area contributed by atoms with Crippen molar-refractivity contribution in [2.45, 2.75) is 56.1 Å². The molecular formula is C22H26N2O6S. The Balaban J connectivity index is 1.75. The van der Waals surface area contributed by atoms with Crippen LogP contribution in [0.15, 0.2) is 53.4 Å². The standard InChI is InChI=1S/C22H26N2O6S/c1-15(25)23-17-8-12-20(13-9-17)31(28,29)24-21(14-22(26)27)16-6-10-19(11-7-16)30-18-4-2-3-5-18/h6-13,18,21,24H,2-5,14H2,1H3,(H,23,25)(H,26,27)/t21-/m0/s1. The van der Waals surface area contributed by atoms with E-state index in [-0.39, 0.29) is 16.9 Å². The summed E-state index contributed by atoms with van der Waals surface area (Å²) >= 11 is 0. The molecule has 3 rings (SSSR count). The second-order valence-electron chi connectivity index (χ2n) is 7.57. The van der Waals surface area contributed by atoms with Gasteiger partial charge in [0.1, 0.15) is 5.75 Å². The summed E-state index contributed by atoms with van der Waals surface area (Å²) in [5.74, 6) is -0.711. The molecule has 1 atom stereocenters. The number of carbonyl (C=O) groups excluding carboxylic acids is 1. The lowest BCUT2D eigenvalue weighted by atomic mass is 10.0. The first kappa shape index (κ1) is 22.8. The molecule has 0 aliphatic heterocycles. The van der Waals surface area contributed by atoms with Gasteiger partial charge in [0, 0.05) is 12.6 Å². The van der Waals surface area contributed by atoms with Crippen molar-refractivity contribution < 1.29 is 27.9 Å². The van der Waals surface area contributed by atoms with Gasteiger partial charge in [-0.15, -0.1) is 0 Å². The summed E-state index contributed by atoms with van der Waals surface area (Å²) in [4.78, 5) is 22.4. The average Bonchev–Trinajstić information content (AvgIpc) is 3.20. The van der Waals surface area contributed by atoms with E-state index in [0.29, 0.717) is 17.0 Å². The van der Waals surface area contributed by atoms with Crippen LogP contribution in [0.3, 0.4) is 0 Å². The van der Waals surface area contributed by atoms with Gasteiger partial charge < -0.3 is 15.2 Å². The fourth-order valence-corrected chi connectivity index (χ4v) is 4.78. The molecule has 0 bridgehead atoms. The van der Waals surface area contributed by atoms with Gasteiger partial charge in [-0.3, -0.25) is 9.59 Å². The van der Waals surface area contributed by atoms with Crippen molar-refractivity contribution in [1.82, 2.24) is 4.72 Å². The lowest BCUT2D eigenvalue weighted by Gasteiger charge is -2.19. The summed E-state index contributed by atoms with van der Waals surface area (Å²) in [5.41, 5.74) is 0.992. The first-order valence-electron chi connectivity index (χ1n) is 10.1. The number of carboxylic acid groups (broad SMARTS) is 1. The Kier molecular flexibility index (Phi) is 7.29. The van der Waals surface area contributed by atoms with Crippen molar-refractivity contribution in [3.05, 3.63) is 54.1 Å². The Bertz CT molecular complexity index is 1010. The van der Waals surface area contributed by atoms with Crippen LogP contribution in [0, 0.1) is 0 Å². The fraction of sp³-hybridized carbons (Fsp3) is 0.364.